The number of rotatable bonds is 8. The summed E-state index contributed by atoms with van der Waals surface area (Å²) in [6.45, 7) is 2.33. The number of hydrogen-bond acceptors (Lipinski definition) is 4. The van der Waals surface area contributed by atoms with E-state index in [1.165, 1.54) is 25.0 Å². The highest BCUT2D eigenvalue weighted by atomic mass is 16.5. The van der Waals surface area contributed by atoms with Crippen molar-refractivity contribution in [2.24, 2.45) is 11.7 Å². The molecule has 0 aromatic carbocycles. The molecule has 2 rings (SSSR count). The molecule has 0 aliphatic heterocycles. The lowest BCUT2D eigenvalue weighted by molar-refractivity contribution is 0.199. The van der Waals surface area contributed by atoms with Crippen LogP contribution < -0.4 is 5.73 Å². The van der Waals surface area contributed by atoms with Crippen molar-refractivity contribution >= 4 is 0 Å². The van der Waals surface area contributed by atoms with E-state index in [4.69, 9.17) is 10.5 Å². The van der Waals surface area contributed by atoms with Crippen molar-refractivity contribution < 1.29 is 4.74 Å². The van der Waals surface area contributed by atoms with Gasteiger partial charge in [0.05, 0.1) is 18.0 Å². The topological polar surface area (TPSA) is 66.0 Å². The smallest absolute Gasteiger partial charge is 0.0872 e. The van der Waals surface area contributed by atoms with Gasteiger partial charge in [-0.25, -0.2) is 4.68 Å². The molecule has 0 bridgehead atoms. The van der Waals surface area contributed by atoms with E-state index >= 15 is 0 Å². The first-order valence-electron chi connectivity index (χ1n) is 6.45. The van der Waals surface area contributed by atoms with Crippen molar-refractivity contribution in [2.75, 3.05) is 20.3 Å². The van der Waals surface area contributed by atoms with Crippen LogP contribution in [0.15, 0.2) is 0 Å². The van der Waals surface area contributed by atoms with Crippen LogP contribution in [0.25, 0.3) is 0 Å². The average molecular weight is 238 g/mol. The lowest BCUT2D eigenvalue weighted by atomic mass is 10.2. The summed E-state index contributed by atoms with van der Waals surface area (Å²) in [5, 5.41) is 8.48. The molecular formula is C12H22N4O. The van der Waals surface area contributed by atoms with Crippen LogP contribution in [0, 0.1) is 5.92 Å². The second kappa shape index (κ2) is 6.12. The van der Waals surface area contributed by atoms with Crippen LogP contribution >= 0.6 is 0 Å². The number of nitrogens with zero attached hydrogens (tertiary/aromatic N) is 3. The molecule has 0 radical (unpaired) electrons. The maximum atomic E-state index is 5.59. The third-order valence-corrected chi connectivity index (χ3v) is 3.29. The van der Waals surface area contributed by atoms with Crippen molar-refractivity contribution in [1.29, 1.82) is 0 Å². The van der Waals surface area contributed by atoms with Crippen LogP contribution in [0.2, 0.25) is 0 Å². The Labute approximate surface area is 102 Å². The zero-order valence-corrected chi connectivity index (χ0v) is 10.6. The number of aromatic nitrogens is 3. The van der Waals surface area contributed by atoms with E-state index in [0.717, 1.165) is 31.0 Å². The van der Waals surface area contributed by atoms with Gasteiger partial charge in [0.15, 0.2) is 0 Å². The standard InChI is InChI=1S/C12H22N4O/c1-17-9-6-12-11(4-7-13)14-15-16(12)8-5-10-2-3-10/h10H,2-9,13H2,1H3. The number of nitrogens with two attached hydrogens (primary N) is 1. The Morgan fingerprint density at radius 3 is 2.88 bits per heavy atom. The number of hydrogen-bond donors (Lipinski definition) is 1. The Bertz CT molecular complexity index is 346. The Morgan fingerprint density at radius 1 is 1.41 bits per heavy atom. The SMILES string of the molecule is COCCc1c(CCN)nnn1CCC1CC1. The van der Waals surface area contributed by atoms with Crippen LogP contribution in [-0.2, 0) is 24.1 Å². The Morgan fingerprint density at radius 2 is 2.24 bits per heavy atom. The molecule has 1 aliphatic carbocycles. The van der Waals surface area contributed by atoms with Gasteiger partial charge in [-0.15, -0.1) is 5.10 Å². The first-order valence-corrected chi connectivity index (χ1v) is 6.45. The molecule has 1 aliphatic rings. The predicted octanol–water partition coefficient (Wildman–Crippen LogP) is 0.768. The highest BCUT2D eigenvalue weighted by Gasteiger charge is 2.22. The summed E-state index contributed by atoms with van der Waals surface area (Å²) >= 11 is 0. The molecule has 0 saturated heterocycles. The van der Waals surface area contributed by atoms with E-state index in [1.807, 2.05) is 4.68 Å². The number of aryl methyl sites for hydroxylation is 1. The largest absolute Gasteiger partial charge is 0.384 e. The fraction of sp³-hybridized carbons (Fsp3) is 0.833. The highest BCUT2D eigenvalue weighted by Crippen LogP contribution is 2.32. The quantitative estimate of drug-likeness (QED) is 0.726. The van der Waals surface area contributed by atoms with E-state index < -0.39 is 0 Å². The lowest BCUT2D eigenvalue weighted by Gasteiger charge is -2.07. The summed E-state index contributed by atoms with van der Waals surface area (Å²) in [4.78, 5) is 0. The summed E-state index contributed by atoms with van der Waals surface area (Å²) in [7, 11) is 1.72. The fourth-order valence-corrected chi connectivity index (χ4v) is 2.06. The molecule has 17 heavy (non-hydrogen) atoms. The van der Waals surface area contributed by atoms with Gasteiger partial charge in [0.1, 0.15) is 0 Å². The monoisotopic (exact) mass is 238 g/mol. The molecule has 2 N–H and O–H groups in total. The van der Waals surface area contributed by atoms with Gasteiger partial charge in [-0.1, -0.05) is 18.1 Å². The highest BCUT2D eigenvalue weighted by molar-refractivity contribution is 5.11. The van der Waals surface area contributed by atoms with Gasteiger partial charge in [-0.05, 0) is 18.9 Å². The summed E-state index contributed by atoms with van der Waals surface area (Å²) in [5.41, 5.74) is 7.84. The molecule has 96 valence electrons. The van der Waals surface area contributed by atoms with Crippen LogP contribution in [0.1, 0.15) is 30.7 Å². The van der Waals surface area contributed by atoms with Crippen LogP contribution in [0.3, 0.4) is 0 Å². The zero-order valence-electron chi connectivity index (χ0n) is 10.6. The summed E-state index contributed by atoms with van der Waals surface area (Å²) in [6.07, 6.45) is 5.69. The fourth-order valence-electron chi connectivity index (χ4n) is 2.06. The maximum absolute atomic E-state index is 5.59. The second-order valence-electron chi connectivity index (χ2n) is 4.72. The van der Waals surface area contributed by atoms with Gasteiger partial charge in [-0.3, -0.25) is 0 Å². The Hall–Kier alpha value is -0.940. The molecule has 0 amide bonds. The normalized spacial score (nSPS) is 15.4. The van der Waals surface area contributed by atoms with Gasteiger partial charge in [0.2, 0.25) is 0 Å². The molecule has 5 nitrogen and oxygen atoms in total. The minimum Gasteiger partial charge on any atom is -0.384 e. The Balaban J connectivity index is 2.00. The minimum atomic E-state index is 0.626. The van der Waals surface area contributed by atoms with Gasteiger partial charge in [-0.2, -0.15) is 0 Å². The molecular weight excluding hydrogens is 216 g/mol. The van der Waals surface area contributed by atoms with Crippen molar-refractivity contribution in [1.82, 2.24) is 15.0 Å². The number of methoxy groups -OCH3 is 1. The molecule has 1 fully saturated rings. The van der Waals surface area contributed by atoms with Gasteiger partial charge >= 0.3 is 0 Å². The first kappa shape index (κ1) is 12.5. The van der Waals surface area contributed by atoms with E-state index in [-0.39, 0.29) is 0 Å². The molecule has 5 heteroatoms. The van der Waals surface area contributed by atoms with E-state index in [0.29, 0.717) is 13.2 Å². The molecule has 0 spiro atoms. The van der Waals surface area contributed by atoms with Crippen molar-refractivity contribution in [2.45, 2.75) is 38.6 Å². The average Bonchev–Trinajstić information content (AvgIpc) is 3.08. The van der Waals surface area contributed by atoms with E-state index in [1.54, 1.807) is 7.11 Å². The van der Waals surface area contributed by atoms with Gasteiger partial charge in [0, 0.05) is 26.5 Å². The van der Waals surface area contributed by atoms with Crippen LogP contribution in [0.5, 0.6) is 0 Å². The molecule has 0 unspecified atom stereocenters. The third kappa shape index (κ3) is 3.51. The first-order chi connectivity index (χ1) is 8.35. The Kier molecular flexibility index (Phi) is 4.50. The molecule has 1 aromatic heterocycles. The van der Waals surface area contributed by atoms with E-state index in [9.17, 15) is 0 Å². The molecule has 1 saturated carbocycles. The van der Waals surface area contributed by atoms with Gasteiger partial charge < -0.3 is 10.5 Å². The number of ether oxygens (including phenoxy) is 1. The van der Waals surface area contributed by atoms with Crippen LogP contribution in [0.4, 0.5) is 0 Å². The maximum Gasteiger partial charge on any atom is 0.0872 e. The van der Waals surface area contributed by atoms with Gasteiger partial charge in [0.25, 0.3) is 0 Å². The molecule has 1 aromatic rings. The lowest BCUT2D eigenvalue weighted by Crippen LogP contribution is -2.11. The van der Waals surface area contributed by atoms with Crippen LogP contribution in [-0.4, -0.2) is 35.3 Å². The van der Waals surface area contributed by atoms with Crippen molar-refractivity contribution in [3.05, 3.63) is 11.4 Å². The molecule has 0 atom stereocenters. The van der Waals surface area contributed by atoms with Crippen molar-refractivity contribution in [3.8, 4) is 0 Å². The summed E-state index contributed by atoms with van der Waals surface area (Å²) < 4.78 is 7.19. The molecule has 1 heterocycles. The van der Waals surface area contributed by atoms with E-state index in [2.05, 4.69) is 10.3 Å². The second-order valence-corrected chi connectivity index (χ2v) is 4.72. The predicted molar refractivity (Wildman–Crippen MR) is 65.7 cm³/mol. The minimum absolute atomic E-state index is 0.626. The zero-order chi connectivity index (χ0) is 12.1. The third-order valence-electron chi connectivity index (χ3n) is 3.29. The van der Waals surface area contributed by atoms with Crippen molar-refractivity contribution in [3.63, 3.8) is 0 Å². The summed E-state index contributed by atoms with van der Waals surface area (Å²) in [5.74, 6) is 0.924. The summed E-state index contributed by atoms with van der Waals surface area (Å²) in [6, 6.07) is 0.